The largest absolute Gasteiger partial charge is 0.463 e. The first-order chi connectivity index (χ1) is 8.88. The van der Waals surface area contributed by atoms with Crippen molar-refractivity contribution in [2.45, 2.75) is 26.4 Å². The van der Waals surface area contributed by atoms with E-state index in [4.69, 9.17) is 13.9 Å². The molecule has 0 saturated heterocycles. The van der Waals surface area contributed by atoms with Crippen LogP contribution in [0.4, 0.5) is 0 Å². The van der Waals surface area contributed by atoms with Crippen LogP contribution in [0.3, 0.4) is 0 Å². The molecule has 0 rings (SSSR count). The van der Waals surface area contributed by atoms with Crippen LogP contribution < -0.4 is 0 Å². The first-order valence-corrected chi connectivity index (χ1v) is 9.02. The fourth-order valence-electron chi connectivity index (χ4n) is 1.16. The highest BCUT2D eigenvalue weighted by molar-refractivity contribution is 6.83. The lowest BCUT2D eigenvalue weighted by atomic mass is 10.4. The van der Waals surface area contributed by atoms with E-state index in [1.165, 1.54) is 19.3 Å². The highest BCUT2D eigenvalue weighted by atomic mass is 28.4. The Balaban J connectivity index is 5.05. The lowest BCUT2D eigenvalue weighted by Gasteiger charge is -2.22. The van der Waals surface area contributed by atoms with Gasteiger partial charge in [0.05, 0.1) is 11.8 Å². The van der Waals surface area contributed by atoms with Crippen LogP contribution in [0, 0.1) is 0 Å². The summed E-state index contributed by atoms with van der Waals surface area (Å²) < 4.78 is 15.3. The van der Waals surface area contributed by atoms with E-state index < -0.39 is 20.3 Å². The van der Waals surface area contributed by atoms with Crippen LogP contribution in [0.5, 0.6) is 0 Å². The van der Waals surface area contributed by atoms with E-state index in [1.54, 1.807) is 13.1 Å². The van der Waals surface area contributed by atoms with Crippen LogP contribution in [0.25, 0.3) is 0 Å². The Kier molecular flexibility index (Phi) is 8.02. The van der Waals surface area contributed by atoms with E-state index in [0.717, 1.165) is 6.42 Å². The molecule has 0 atom stereocenters. The fraction of sp³-hybridized carbons (Fsp3) is 0.538. The predicted octanol–water partition coefficient (Wildman–Crippen LogP) is 1.99. The van der Waals surface area contributed by atoms with Gasteiger partial charge in [-0.15, -0.1) is 0 Å². The van der Waals surface area contributed by atoms with Gasteiger partial charge in [0.2, 0.25) is 8.32 Å². The van der Waals surface area contributed by atoms with E-state index in [2.05, 4.69) is 6.58 Å². The monoisotopic (exact) mass is 286 g/mol. The minimum atomic E-state index is -2.47. The summed E-state index contributed by atoms with van der Waals surface area (Å²) in [6.45, 7) is 9.38. The number of hydrogen-bond donors (Lipinski definition) is 0. The number of rotatable bonds is 8. The number of carbonyl (C=O) groups excluding carboxylic acids is 2. The summed E-state index contributed by atoms with van der Waals surface area (Å²) in [6.07, 6.45) is 3.37. The molecule has 0 unspecified atom stereocenters. The molecule has 108 valence electrons. The molecule has 0 aliphatic rings. The van der Waals surface area contributed by atoms with E-state index in [9.17, 15) is 9.59 Å². The summed E-state index contributed by atoms with van der Waals surface area (Å²) in [5.41, 5.74) is 0. The van der Waals surface area contributed by atoms with Gasteiger partial charge in [-0.2, -0.15) is 0 Å². The Morgan fingerprint density at radius 3 is 2.37 bits per heavy atom. The average Bonchev–Trinajstić information content (AvgIpc) is 2.39. The van der Waals surface area contributed by atoms with E-state index in [-0.39, 0.29) is 11.8 Å². The van der Waals surface area contributed by atoms with Crippen LogP contribution >= 0.6 is 0 Å². The zero-order valence-corrected chi connectivity index (χ0v) is 13.0. The van der Waals surface area contributed by atoms with Crippen molar-refractivity contribution in [3.05, 3.63) is 23.9 Å². The van der Waals surface area contributed by atoms with Gasteiger partial charge < -0.3 is 13.9 Å². The maximum absolute atomic E-state index is 11.9. The van der Waals surface area contributed by atoms with Gasteiger partial charge in [0.1, 0.15) is 6.61 Å². The Bertz CT molecular complexity index is 360. The third-order valence-electron chi connectivity index (χ3n) is 2.42. The highest BCUT2D eigenvalue weighted by Crippen LogP contribution is 2.17. The zero-order valence-electron chi connectivity index (χ0n) is 12.0. The second-order valence-electron chi connectivity index (χ2n) is 4.33. The molecule has 0 aromatic rings. The van der Waals surface area contributed by atoms with E-state index in [1.807, 2.05) is 6.92 Å². The summed E-state index contributed by atoms with van der Waals surface area (Å²) in [7, 11) is -0.958. The smallest absolute Gasteiger partial charge is 0.332 e. The summed E-state index contributed by atoms with van der Waals surface area (Å²) in [5, 5.41) is 0.248. The van der Waals surface area contributed by atoms with Crippen molar-refractivity contribution in [1.29, 1.82) is 0 Å². The molecular formula is C13H22O5Si. The third-order valence-corrected chi connectivity index (χ3v) is 5.09. The van der Waals surface area contributed by atoms with Crippen LogP contribution in [-0.4, -0.2) is 40.6 Å². The molecule has 5 nitrogen and oxygen atoms in total. The zero-order chi connectivity index (χ0) is 14.9. The molecule has 0 heterocycles. The summed E-state index contributed by atoms with van der Waals surface area (Å²) in [5.74, 6) is -1.11. The van der Waals surface area contributed by atoms with Crippen molar-refractivity contribution in [1.82, 2.24) is 0 Å². The van der Waals surface area contributed by atoms with Gasteiger partial charge in [-0.3, -0.25) is 0 Å². The Labute approximate surface area is 115 Å². The van der Waals surface area contributed by atoms with Gasteiger partial charge in [-0.25, -0.2) is 9.59 Å². The van der Waals surface area contributed by atoms with Crippen molar-refractivity contribution in [3.8, 4) is 0 Å². The molecule has 0 aromatic carbocycles. The second kappa shape index (κ2) is 8.66. The van der Waals surface area contributed by atoms with Crippen LogP contribution in [0.15, 0.2) is 23.9 Å². The normalized spacial score (nSPS) is 11.9. The maximum atomic E-state index is 11.9. The van der Waals surface area contributed by atoms with Gasteiger partial charge in [-0.1, -0.05) is 19.6 Å². The van der Waals surface area contributed by atoms with Crippen LogP contribution in [0.1, 0.15) is 13.3 Å². The summed E-state index contributed by atoms with van der Waals surface area (Å²) >= 11 is 0. The Morgan fingerprint density at radius 1 is 1.26 bits per heavy atom. The number of carbonyl (C=O) groups is 2. The number of esters is 2. The minimum Gasteiger partial charge on any atom is -0.463 e. The molecule has 0 aliphatic heterocycles. The van der Waals surface area contributed by atoms with E-state index >= 15 is 0 Å². The summed E-state index contributed by atoms with van der Waals surface area (Å²) in [6, 6.07) is 0. The average molecular weight is 286 g/mol. The molecule has 0 spiro atoms. The third kappa shape index (κ3) is 6.35. The standard InChI is InChI=1S/C13H22O5Si/c1-6-8-17-12(14)10-11(19(4,5)16-3)13(15)18-9-7-2/h7,10H,2,6,8-9H2,1,3-5H3. The lowest BCUT2D eigenvalue weighted by molar-refractivity contribution is -0.140. The van der Waals surface area contributed by atoms with Crippen molar-refractivity contribution >= 4 is 20.3 Å². The minimum absolute atomic E-state index is 0.0916. The first kappa shape index (κ1) is 17.6. The van der Waals surface area contributed by atoms with Crippen molar-refractivity contribution in [3.63, 3.8) is 0 Å². The molecule has 0 aliphatic carbocycles. The molecule has 0 saturated carbocycles. The van der Waals surface area contributed by atoms with Gasteiger partial charge in [0.25, 0.3) is 0 Å². The molecular weight excluding hydrogens is 264 g/mol. The maximum Gasteiger partial charge on any atom is 0.332 e. The molecule has 6 heteroatoms. The van der Waals surface area contributed by atoms with Crippen molar-refractivity contribution < 1.29 is 23.5 Å². The molecule has 0 N–H and O–H groups in total. The van der Waals surface area contributed by atoms with Crippen molar-refractivity contribution in [2.75, 3.05) is 20.3 Å². The second-order valence-corrected chi connectivity index (χ2v) is 8.29. The summed E-state index contributed by atoms with van der Waals surface area (Å²) in [4.78, 5) is 23.5. The molecule has 0 radical (unpaired) electrons. The quantitative estimate of drug-likeness (QED) is 0.295. The van der Waals surface area contributed by atoms with E-state index in [0.29, 0.717) is 6.61 Å². The van der Waals surface area contributed by atoms with Gasteiger partial charge in [0, 0.05) is 13.2 Å². The fourth-order valence-corrected chi connectivity index (χ4v) is 2.41. The molecule has 0 bridgehead atoms. The molecule has 0 aromatic heterocycles. The molecule has 19 heavy (non-hydrogen) atoms. The predicted molar refractivity (Wildman–Crippen MR) is 75.0 cm³/mol. The Morgan fingerprint density at radius 2 is 1.89 bits per heavy atom. The molecule has 0 amide bonds. The van der Waals surface area contributed by atoms with Crippen molar-refractivity contribution in [2.24, 2.45) is 0 Å². The number of hydrogen-bond acceptors (Lipinski definition) is 5. The van der Waals surface area contributed by atoms with Crippen LogP contribution in [0.2, 0.25) is 13.1 Å². The molecule has 0 fully saturated rings. The SMILES string of the molecule is C=CCOC(=O)C(=CC(=O)OCCC)[Si](C)(C)OC. The van der Waals surface area contributed by atoms with Gasteiger partial charge in [0.15, 0.2) is 0 Å². The van der Waals surface area contributed by atoms with Gasteiger partial charge >= 0.3 is 11.9 Å². The van der Waals surface area contributed by atoms with Gasteiger partial charge in [-0.05, 0) is 19.5 Å². The Hall–Kier alpha value is -1.40. The highest BCUT2D eigenvalue weighted by Gasteiger charge is 2.34. The van der Waals surface area contributed by atoms with Crippen LogP contribution in [-0.2, 0) is 23.5 Å². The number of ether oxygens (including phenoxy) is 2. The topological polar surface area (TPSA) is 61.8 Å². The lowest BCUT2D eigenvalue weighted by Crippen LogP contribution is -2.37. The first-order valence-electron chi connectivity index (χ1n) is 6.11.